The number of nitrogens with zero attached hydrogens (tertiary/aromatic N) is 3. The molecule has 1 atom stereocenters. The number of anilines is 1. The third-order valence-corrected chi connectivity index (χ3v) is 4.29. The molecule has 2 rings (SSSR count). The van der Waals surface area contributed by atoms with Crippen LogP contribution in [0.5, 0.6) is 0 Å². The quantitative estimate of drug-likeness (QED) is 0.862. The predicted octanol–water partition coefficient (Wildman–Crippen LogP) is 1.39. The van der Waals surface area contributed by atoms with Gasteiger partial charge >= 0.3 is 0 Å². The second-order valence-electron chi connectivity index (χ2n) is 4.62. The van der Waals surface area contributed by atoms with E-state index in [0.29, 0.717) is 6.04 Å². The van der Waals surface area contributed by atoms with E-state index in [0.717, 1.165) is 39.1 Å². The number of aromatic nitrogens is 1. The van der Waals surface area contributed by atoms with Crippen LogP contribution in [0.3, 0.4) is 0 Å². The lowest BCUT2D eigenvalue weighted by Gasteiger charge is -2.38. The number of rotatable bonds is 5. The topological polar surface area (TPSA) is 45.4 Å². The van der Waals surface area contributed by atoms with Gasteiger partial charge in [0, 0.05) is 43.8 Å². The minimum Gasteiger partial charge on any atom is -0.346 e. The highest BCUT2D eigenvalue weighted by molar-refractivity contribution is 7.13. The van der Waals surface area contributed by atoms with E-state index < -0.39 is 0 Å². The average molecular weight is 254 g/mol. The van der Waals surface area contributed by atoms with Gasteiger partial charge in [0.15, 0.2) is 5.13 Å². The first kappa shape index (κ1) is 12.8. The van der Waals surface area contributed by atoms with Crippen LogP contribution in [0.2, 0.25) is 0 Å². The number of nitrogens with two attached hydrogens (primary N) is 1. The molecule has 0 spiro atoms. The smallest absolute Gasteiger partial charge is 0.185 e. The first-order valence-corrected chi connectivity index (χ1v) is 7.28. The van der Waals surface area contributed by atoms with Gasteiger partial charge in [-0.25, -0.2) is 4.98 Å². The van der Waals surface area contributed by atoms with Gasteiger partial charge < -0.3 is 10.6 Å². The summed E-state index contributed by atoms with van der Waals surface area (Å²) in [6.45, 7) is 7.61. The van der Waals surface area contributed by atoms with Gasteiger partial charge in [0.1, 0.15) is 0 Å². The Morgan fingerprint density at radius 1 is 1.41 bits per heavy atom. The third-order valence-electron chi connectivity index (χ3n) is 3.45. The van der Waals surface area contributed by atoms with Crippen molar-refractivity contribution in [2.24, 2.45) is 5.73 Å². The van der Waals surface area contributed by atoms with Gasteiger partial charge in [-0.05, 0) is 26.3 Å². The van der Waals surface area contributed by atoms with Crippen molar-refractivity contribution in [1.29, 1.82) is 0 Å². The highest BCUT2D eigenvalue weighted by atomic mass is 32.1. The number of piperazine rings is 1. The highest BCUT2D eigenvalue weighted by Crippen LogP contribution is 2.20. The molecule has 0 amide bonds. The van der Waals surface area contributed by atoms with Crippen LogP contribution in [0.4, 0.5) is 5.13 Å². The molecule has 2 heterocycles. The summed E-state index contributed by atoms with van der Waals surface area (Å²) in [7, 11) is 0. The molecule has 1 aliphatic heterocycles. The number of hydrogen-bond donors (Lipinski definition) is 1. The fourth-order valence-corrected chi connectivity index (χ4v) is 3.02. The maximum absolute atomic E-state index is 5.56. The van der Waals surface area contributed by atoms with Gasteiger partial charge in [0.2, 0.25) is 0 Å². The molecule has 2 N–H and O–H groups in total. The molecule has 1 aliphatic rings. The zero-order valence-electron chi connectivity index (χ0n) is 10.5. The van der Waals surface area contributed by atoms with E-state index in [1.54, 1.807) is 11.3 Å². The van der Waals surface area contributed by atoms with Crippen LogP contribution in [0.1, 0.15) is 19.8 Å². The molecule has 96 valence electrons. The molecule has 0 aliphatic carbocycles. The summed E-state index contributed by atoms with van der Waals surface area (Å²) in [4.78, 5) is 9.32. The van der Waals surface area contributed by atoms with Gasteiger partial charge in [-0.1, -0.05) is 0 Å². The number of thiazole rings is 1. The lowest BCUT2D eigenvalue weighted by Crippen LogP contribution is -2.49. The Labute approximate surface area is 107 Å². The van der Waals surface area contributed by atoms with Crippen molar-refractivity contribution < 1.29 is 0 Å². The van der Waals surface area contributed by atoms with Crippen molar-refractivity contribution >= 4 is 16.5 Å². The second kappa shape index (κ2) is 6.33. The van der Waals surface area contributed by atoms with E-state index in [1.165, 1.54) is 11.6 Å². The first-order chi connectivity index (χ1) is 8.31. The molecule has 0 radical (unpaired) electrons. The van der Waals surface area contributed by atoms with Crippen molar-refractivity contribution in [3.8, 4) is 0 Å². The Balaban J connectivity index is 1.78. The molecule has 1 aromatic rings. The molecule has 17 heavy (non-hydrogen) atoms. The third kappa shape index (κ3) is 3.40. The van der Waals surface area contributed by atoms with Crippen molar-refractivity contribution in [3.63, 3.8) is 0 Å². The zero-order chi connectivity index (χ0) is 12.1. The minimum atomic E-state index is 0.664. The Kier molecular flexibility index (Phi) is 4.76. The molecule has 1 aromatic heterocycles. The van der Waals surface area contributed by atoms with Crippen LogP contribution >= 0.6 is 11.3 Å². The summed E-state index contributed by atoms with van der Waals surface area (Å²) >= 11 is 1.73. The Bertz CT molecular complexity index is 306. The molecule has 4 nitrogen and oxygen atoms in total. The van der Waals surface area contributed by atoms with Crippen molar-refractivity contribution in [1.82, 2.24) is 9.88 Å². The van der Waals surface area contributed by atoms with E-state index >= 15 is 0 Å². The molecule has 0 bridgehead atoms. The minimum absolute atomic E-state index is 0.664. The van der Waals surface area contributed by atoms with Crippen molar-refractivity contribution in [2.45, 2.75) is 25.8 Å². The van der Waals surface area contributed by atoms with Gasteiger partial charge in [0.05, 0.1) is 0 Å². The van der Waals surface area contributed by atoms with Crippen molar-refractivity contribution in [2.75, 3.05) is 37.6 Å². The average Bonchev–Trinajstić information content (AvgIpc) is 2.90. The van der Waals surface area contributed by atoms with Gasteiger partial charge in [-0.3, -0.25) is 4.90 Å². The molecule has 1 saturated heterocycles. The largest absolute Gasteiger partial charge is 0.346 e. The van der Waals surface area contributed by atoms with E-state index in [1.807, 2.05) is 11.6 Å². The van der Waals surface area contributed by atoms with Crippen molar-refractivity contribution in [3.05, 3.63) is 11.6 Å². The summed E-state index contributed by atoms with van der Waals surface area (Å²) in [5.74, 6) is 0. The van der Waals surface area contributed by atoms with Crippen LogP contribution in [-0.4, -0.2) is 48.6 Å². The Morgan fingerprint density at radius 2 is 2.18 bits per heavy atom. The number of hydrogen-bond acceptors (Lipinski definition) is 5. The normalized spacial score (nSPS) is 19.5. The fraction of sp³-hybridized carbons (Fsp3) is 0.750. The van der Waals surface area contributed by atoms with Crippen LogP contribution in [-0.2, 0) is 0 Å². The molecular formula is C12H22N4S. The lowest BCUT2D eigenvalue weighted by molar-refractivity contribution is 0.187. The molecular weight excluding hydrogens is 232 g/mol. The summed E-state index contributed by atoms with van der Waals surface area (Å²) in [5.41, 5.74) is 5.56. The molecule has 0 saturated carbocycles. The highest BCUT2D eigenvalue weighted by Gasteiger charge is 2.21. The first-order valence-electron chi connectivity index (χ1n) is 6.40. The monoisotopic (exact) mass is 254 g/mol. The molecule has 0 aromatic carbocycles. The van der Waals surface area contributed by atoms with Crippen LogP contribution < -0.4 is 10.6 Å². The van der Waals surface area contributed by atoms with E-state index in [9.17, 15) is 0 Å². The standard InChI is InChI=1S/C12H22N4S/c1-11(3-2-4-13)15-6-8-16(9-7-15)12-14-5-10-17-12/h5,10-11H,2-4,6-9,13H2,1H3. The summed E-state index contributed by atoms with van der Waals surface area (Å²) in [6.07, 6.45) is 4.23. The molecule has 1 fully saturated rings. The molecule has 1 unspecified atom stereocenters. The van der Waals surface area contributed by atoms with Gasteiger partial charge in [-0.15, -0.1) is 11.3 Å². The van der Waals surface area contributed by atoms with Crippen LogP contribution in [0.15, 0.2) is 11.6 Å². The summed E-state index contributed by atoms with van der Waals surface area (Å²) in [5, 5.41) is 3.21. The maximum atomic E-state index is 5.56. The van der Waals surface area contributed by atoms with E-state index in [4.69, 9.17) is 5.73 Å². The summed E-state index contributed by atoms with van der Waals surface area (Å²) < 4.78 is 0. The second-order valence-corrected chi connectivity index (χ2v) is 5.49. The predicted molar refractivity (Wildman–Crippen MR) is 73.7 cm³/mol. The van der Waals surface area contributed by atoms with E-state index in [2.05, 4.69) is 21.7 Å². The zero-order valence-corrected chi connectivity index (χ0v) is 11.3. The van der Waals surface area contributed by atoms with Crippen LogP contribution in [0, 0.1) is 0 Å². The summed E-state index contributed by atoms with van der Waals surface area (Å²) in [6, 6.07) is 0.664. The SMILES string of the molecule is CC(CCCN)N1CCN(c2nccs2)CC1. The fourth-order valence-electron chi connectivity index (χ4n) is 2.32. The van der Waals surface area contributed by atoms with Gasteiger partial charge in [0.25, 0.3) is 0 Å². The van der Waals surface area contributed by atoms with Crippen LogP contribution in [0.25, 0.3) is 0 Å². The molecule has 5 heteroatoms. The lowest BCUT2D eigenvalue weighted by atomic mass is 10.1. The van der Waals surface area contributed by atoms with E-state index in [-0.39, 0.29) is 0 Å². The Hall–Kier alpha value is -0.650. The Morgan fingerprint density at radius 3 is 2.76 bits per heavy atom. The maximum Gasteiger partial charge on any atom is 0.185 e. The van der Waals surface area contributed by atoms with Gasteiger partial charge in [-0.2, -0.15) is 0 Å².